The number of ether oxygens (including phenoxy) is 1. The number of rotatable bonds is 3. The minimum atomic E-state index is -0.406. The van der Waals surface area contributed by atoms with Crippen molar-refractivity contribution in [1.82, 2.24) is 4.90 Å². The number of anilines is 1. The number of benzene rings is 1. The summed E-state index contributed by atoms with van der Waals surface area (Å²) in [5.74, 6) is -0.406. The quantitative estimate of drug-likeness (QED) is 0.775. The zero-order valence-corrected chi connectivity index (χ0v) is 16.7. The summed E-state index contributed by atoms with van der Waals surface area (Å²) < 4.78 is 5.04. The Morgan fingerprint density at radius 3 is 2.67 bits per heavy atom. The number of carbonyl (C=O) groups excluding carboxylic acids is 2. The van der Waals surface area contributed by atoms with Crippen LogP contribution in [-0.2, 0) is 17.7 Å². The highest BCUT2D eigenvalue weighted by Gasteiger charge is 2.28. The predicted octanol–water partition coefficient (Wildman–Crippen LogP) is 4.69. The number of hydrogen-bond donors (Lipinski definition) is 1. The number of thiophene rings is 1. The number of carbonyl (C=O) groups is 2. The molecule has 0 atom stereocenters. The van der Waals surface area contributed by atoms with Gasteiger partial charge in [0.25, 0.3) is 5.91 Å². The molecule has 0 spiro atoms. The molecule has 2 heterocycles. The van der Waals surface area contributed by atoms with E-state index in [0.717, 1.165) is 10.4 Å². The van der Waals surface area contributed by atoms with Crippen molar-refractivity contribution < 1.29 is 14.3 Å². The molecule has 1 aromatic heterocycles. The average Bonchev–Trinajstić information content (AvgIpc) is 2.97. The lowest BCUT2D eigenvalue weighted by Crippen LogP contribution is -2.35. The van der Waals surface area contributed by atoms with Gasteiger partial charge in [0.1, 0.15) is 11.1 Å². The van der Waals surface area contributed by atoms with Gasteiger partial charge in [-0.2, -0.15) is 5.26 Å². The van der Waals surface area contributed by atoms with Crippen molar-refractivity contribution in [3.63, 3.8) is 0 Å². The van der Waals surface area contributed by atoms with E-state index < -0.39 is 5.91 Å². The van der Waals surface area contributed by atoms with Crippen LogP contribution in [0.1, 0.15) is 33.3 Å². The maximum atomic E-state index is 12.5. The molecule has 1 aliphatic heterocycles. The van der Waals surface area contributed by atoms with Gasteiger partial charge in [0, 0.05) is 27.0 Å². The van der Waals surface area contributed by atoms with Crippen LogP contribution in [0.25, 0.3) is 0 Å². The van der Waals surface area contributed by atoms with E-state index >= 15 is 0 Å². The van der Waals surface area contributed by atoms with Crippen LogP contribution in [0, 0.1) is 11.3 Å². The zero-order chi connectivity index (χ0) is 19.6. The first-order chi connectivity index (χ1) is 12.9. The number of fused-ring (bicyclic) bond motifs is 1. The van der Waals surface area contributed by atoms with E-state index in [9.17, 15) is 14.9 Å². The van der Waals surface area contributed by atoms with Gasteiger partial charge in [0.2, 0.25) is 0 Å². The predicted molar refractivity (Wildman–Crippen MR) is 105 cm³/mol. The van der Waals surface area contributed by atoms with Crippen LogP contribution in [0.5, 0.6) is 0 Å². The Morgan fingerprint density at radius 2 is 2.04 bits per heavy atom. The van der Waals surface area contributed by atoms with Crippen LogP contribution in [0.15, 0.2) is 18.2 Å². The van der Waals surface area contributed by atoms with Crippen molar-refractivity contribution in [2.75, 3.05) is 18.5 Å². The molecule has 1 aromatic carbocycles. The van der Waals surface area contributed by atoms with Gasteiger partial charge >= 0.3 is 6.09 Å². The molecule has 140 valence electrons. The minimum absolute atomic E-state index is 0.302. The Bertz CT molecular complexity index is 932. The molecule has 0 saturated carbocycles. The summed E-state index contributed by atoms with van der Waals surface area (Å²) in [6.07, 6.45) is 0.154. The van der Waals surface area contributed by atoms with Crippen LogP contribution >= 0.6 is 34.5 Å². The number of nitriles is 1. The average molecular weight is 424 g/mol. The maximum absolute atomic E-state index is 12.5. The van der Waals surface area contributed by atoms with Gasteiger partial charge < -0.3 is 15.0 Å². The molecule has 0 fully saturated rings. The second kappa shape index (κ2) is 8.17. The Balaban J connectivity index is 1.84. The molecule has 6 nitrogen and oxygen atoms in total. The summed E-state index contributed by atoms with van der Waals surface area (Å²) in [5.41, 5.74) is 1.60. The summed E-state index contributed by atoms with van der Waals surface area (Å²) in [6, 6.07) is 6.71. The lowest BCUT2D eigenvalue weighted by Gasteiger charge is -2.25. The third-order valence-corrected chi connectivity index (χ3v) is 5.62. The highest BCUT2D eigenvalue weighted by atomic mass is 35.5. The van der Waals surface area contributed by atoms with Crippen molar-refractivity contribution in [3.05, 3.63) is 49.8 Å². The molecule has 2 amide bonds. The number of hydrogen-bond acceptors (Lipinski definition) is 5. The molecule has 3 rings (SSSR count). The van der Waals surface area contributed by atoms with Crippen molar-refractivity contribution in [1.29, 1.82) is 5.26 Å². The monoisotopic (exact) mass is 423 g/mol. The van der Waals surface area contributed by atoms with Gasteiger partial charge in [0.15, 0.2) is 0 Å². The number of nitrogens with zero attached hydrogens (tertiary/aromatic N) is 2. The van der Waals surface area contributed by atoms with Crippen molar-refractivity contribution in [2.24, 2.45) is 0 Å². The third kappa shape index (κ3) is 4.19. The Hall–Kier alpha value is -2.27. The second-order valence-electron chi connectivity index (χ2n) is 5.80. The highest BCUT2D eigenvalue weighted by Crippen LogP contribution is 2.37. The van der Waals surface area contributed by atoms with E-state index in [1.807, 2.05) is 0 Å². The molecule has 9 heteroatoms. The minimum Gasteiger partial charge on any atom is -0.450 e. The van der Waals surface area contributed by atoms with Gasteiger partial charge in [-0.3, -0.25) is 4.79 Å². The fourth-order valence-corrected chi connectivity index (χ4v) is 4.58. The van der Waals surface area contributed by atoms with Crippen LogP contribution in [0.2, 0.25) is 10.0 Å². The third-order valence-electron chi connectivity index (χ3n) is 4.05. The summed E-state index contributed by atoms with van der Waals surface area (Å²) in [5, 5.41) is 13.5. The SMILES string of the molecule is CCOC(=O)N1CCc2c(sc(NC(=O)c3cc(Cl)cc(Cl)c3)c2C#N)C1. The smallest absolute Gasteiger partial charge is 0.410 e. The summed E-state index contributed by atoms with van der Waals surface area (Å²) in [7, 11) is 0. The number of halogens is 2. The van der Waals surface area contributed by atoms with Crippen molar-refractivity contribution >= 4 is 51.5 Å². The van der Waals surface area contributed by atoms with Gasteiger partial charge in [-0.1, -0.05) is 23.2 Å². The lowest BCUT2D eigenvalue weighted by molar-refractivity contribution is 0.102. The Labute approximate surface area is 170 Å². The lowest BCUT2D eigenvalue weighted by atomic mass is 10.0. The van der Waals surface area contributed by atoms with E-state index in [2.05, 4.69) is 11.4 Å². The molecule has 27 heavy (non-hydrogen) atoms. The molecule has 1 N–H and O–H groups in total. The summed E-state index contributed by atoms with van der Waals surface area (Å²) >= 11 is 13.2. The largest absolute Gasteiger partial charge is 0.450 e. The zero-order valence-electron chi connectivity index (χ0n) is 14.3. The number of amides is 2. The summed E-state index contributed by atoms with van der Waals surface area (Å²) in [6.45, 7) is 2.88. The van der Waals surface area contributed by atoms with Crippen LogP contribution in [-0.4, -0.2) is 30.1 Å². The van der Waals surface area contributed by atoms with E-state index in [4.69, 9.17) is 27.9 Å². The van der Waals surface area contributed by atoms with Crippen LogP contribution in [0.4, 0.5) is 9.80 Å². The van der Waals surface area contributed by atoms with E-state index in [1.165, 1.54) is 29.5 Å². The van der Waals surface area contributed by atoms with E-state index in [0.29, 0.717) is 52.3 Å². The normalized spacial score (nSPS) is 12.9. The first-order valence-electron chi connectivity index (χ1n) is 8.16. The fraction of sp³-hybridized carbons (Fsp3) is 0.278. The molecule has 0 aliphatic carbocycles. The van der Waals surface area contributed by atoms with Gasteiger partial charge in [-0.15, -0.1) is 11.3 Å². The maximum Gasteiger partial charge on any atom is 0.410 e. The van der Waals surface area contributed by atoms with Gasteiger partial charge in [-0.05, 0) is 37.1 Å². The standard InChI is InChI=1S/C18H15Cl2N3O3S/c1-2-26-18(25)23-4-3-13-14(8-21)17(27-15(13)9-23)22-16(24)10-5-11(19)7-12(20)6-10/h5-7H,2-4,9H2,1H3,(H,22,24). The molecule has 0 saturated heterocycles. The molecular formula is C18H15Cl2N3O3S. The highest BCUT2D eigenvalue weighted by molar-refractivity contribution is 7.16. The van der Waals surface area contributed by atoms with Crippen molar-refractivity contribution in [2.45, 2.75) is 19.9 Å². The topological polar surface area (TPSA) is 82.4 Å². The molecule has 0 radical (unpaired) electrons. The molecule has 1 aliphatic rings. The van der Waals surface area contributed by atoms with Crippen LogP contribution < -0.4 is 5.32 Å². The molecule has 0 bridgehead atoms. The first-order valence-corrected chi connectivity index (χ1v) is 9.74. The van der Waals surface area contributed by atoms with Crippen molar-refractivity contribution in [3.8, 4) is 6.07 Å². The van der Waals surface area contributed by atoms with Crippen LogP contribution in [0.3, 0.4) is 0 Å². The molecule has 0 unspecified atom stereocenters. The van der Waals surface area contributed by atoms with Gasteiger partial charge in [-0.25, -0.2) is 4.79 Å². The number of nitrogens with one attached hydrogen (secondary N) is 1. The Morgan fingerprint density at radius 1 is 1.33 bits per heavy atom. The molecule has 2 aromatic rings. The molecular weight excluding hydrogens is 409 g/mol. The van der Waals surface area contributed by atoms with E-state index in [-0.39, 0.29) is 6.09 Å². The van der Waals surface area contributed by atoms with E-state index in [1.54, 1.807) is 11.8 Å². The Kier molecular flexibility index (Phi) is 5.90. The first kappa shape index (κ1) is 19.5. The summed E-state index contributed by atoms with van der Waals surface area (Å²) in [4.78, 5) is 26.9. The second-order valence-corrected chi connectivity index (χ2v) is 7.78. The fourth-order valence-electron chi connectivity index (χ4n) is 2.84. The van der Waals surface area contributed by atoms with Gasteiger partial charge in [0.05, 0.1) is 18.7 Å².